The number of methoxy groups -OCH3 is 1. The molecule has 1 N–H and O–H groups in total. The summed E-state index contributed by atoms with van der Waals surface area (Å²) >= 11 is 0. The summed E-state index contributed by atoms with van der Waals surface area (Å²) in [6, 6.07) is 5.07. The molecule has 0 aromatic heterocycles. The van der Waals surface area contributed by atoms with Crippen molar-refractivity contribution in [2.24, 2.45) is 0 Å². The standard InChI is InChI=1S/C13H16F3NO/c1-18-12(7-2-8-12)9-17-11-5-3-10(4-6-11)13(14,15)16/h3-6,17H,2,7-9H2,1H3. The van der Waals surface area contributed by atoms with Gasteiger partial charge in [0.15, 0.2) is 0 Å². The molecule has 100 valence electrons. The highest BCUT2D eigenvalue weighted by Crippen LogP contribution is 2.35. The van der Waals surface area contributed by atoms with Crippen LogP contribution in [-0.2, 0) is 10.9 Å². The molecule has 0 heterocycles. The third kappa shape index (κ3) is 2.77. The van der Waals surface area contributed by atoms with Gasteiger partial charge in [0.25, 0.3) is 0 Å². The summed E-state index contributed by atoms with van der Waals surface area (Å²) in [6.45, 7) is 0.634. The first-order valence-corrected chi connectivity index (χ1v) is 5.91. The van der Waals surface area contributed by atoms with Crippen LogP contribution < -0.4 is 5.32 Å². The van der Waals surface area contributed by atoms with Gasteiger partial charge in [0, 0.05) is 19.3 Å². The van der Waals surface area contributed by atoms with Crippen molar-refractivity contribution in [3.8, 4) is 0 Å². The molecule has 0 saturated heterocycles. The lowest BCUT2D eigenvalue weighted by atomic mass is 9.80. The minimum absolute atomic E-state index is 0.136. The van der Waals surface area contributed by atoms with Crippen molar-refractivity contribution >= 4 is 5.69 Å². The van der Waals surface area contributed by atoms with Gasteiger partial charge in [0.05, 0.1) is 11.2 Å². The zero-order valence-corrected chi connectivity index (χ0v) is 10.2. The lowest BCUT2D eigenvalue weighted by Gasteiger charge is -2.40. The van der Waals surface area contributed by atoms with E-state index in [1.54, 1.807) is 7.11 Å². The number of hydrogen-bond donors (Lipinski definition) is 1. The zero-order valence-electron chi connectivity index (χ0n) is 10.2. The average molecular weight is 259 g/mol. The molecule has 0 amide bonds. The van der Waals surface area contributed by atoms with E-state index in [4.69, 9.17) is 4.74 Å². The van der Waals surface area contributed by atoms with Gasteiger partial charge in [0.1, 0.15) is 0 Å². The first-order valence-electron chi connectivity index (χ1n) is 5.91. The van der Waals surface area contributed by atoms with Crippen LogP contribution in [0.25, 0.3) is 0 Å². The Morgan fingerprint density at radius 1 is 1.22 bits per heavy atom. The van der Waals surface area contributed by atoms with Crippen LogP contribution in [0.3, 0.4) is 0 Å². The summed E-state index contributed by atoms with van der Waals surface area (Å²) in [5.74, 6) is 0. The van der Waals surface area contributed by atoms with E-state index in [9.17, 15) is 13.2 Å². The van der Waals surface area contributed by atoms with Crippen LogP contribution in [0.5, 0.6) is 0 Å². The van der Waals surface area contributed by atoms with Crippen LogP contribution in [0.15, 0.2) is 24.3 Å². The topological polar surface area (TPSA) is 21.3 Å². The second kappa shape index (κ2) is 4.80. The number of hydrogen-bond acceptors (Lipinski definition) is 2. The molecular weight excluding hydrogens is 243 g/mol. The van der Waals surface area contributed by atoms with Crippen LogP contribution in [-0.4, -0.2) is 19.3 Å². The molecule has 5 heteroatoms. The number of nitrogens with one attached hydrogen (secondary N) is 1. The van der Waals surface area contributed by atoms with E-state index in [-0.39, 0.29) is 5.60 Å². The fourth-order valence-electron chi connectivity index (χ4n) is 2.06. The molecule has 18 heavy (non-hydrogen) atoms. The highest BCUT2D eigenvalue weighted by molar-refractivity contribution is 5.45. The molecule has 2 rings (SSSR count). The second-order valence-electron chi connectivity index (χ2n) is 4.67. The normalized spacial score (nSPS) is 18.2. The van der Waals surface area contributed by atoms with Gasteiger partial charge < -0.3 is 10.1 Å². The molecule has 1 saturated carbocycles. The van der Waals surface area contributed by atoms with E-state index < -0.39 is 11.7 Å². The summed E-state index contributed by atoms with van der Waals surface area (Å²) < 4.78 is 42.5. The Hall–Kier alpha value is -1.23. The van der Waals surface area contributed by atoms with E-state index in [1.165, 1.54) is 12.1 Å². The Morgan fingerprint density at radius 3 is 2.22 bits per heavy atom. The number of benzene rings is 1. The van der Waals surface area contributed by atoms with Gasteiger partial charge in [0.2, 0.25) is 0 Å². The molecule has 1 aromatic carbocycles. The molecule has 0 spiro atoms. The smallest absolute Gasteiger partial charge is 0.382 e. The van der Waals surface area contributed by atoms with Crippen LogP contribution in [0.1, 0.15) is 24.8 Å². The Labute approximate surface area is 104 Å². The third-order valence-corrected chi connectivity index (χ3v) is 3.52. The maximum Gasteiger partial charge on any atom is 0.416 e. The van der Waals surface area contributed by atoms with Crippen molar-refractivity contribution < 1.29 is 17.9 Å². The Bertz CT molecular complexity index is 390. The SMILES string of the molecule is COC1(CNc2ccc(C(F)(F)F)cc2)CCC1. The van der Waals surface area contributed by atoms with Crippen LogP contribution >= 0.6 is 0 Å². The predicted octanol–water partition coefficient (Wildman–Crippen LogP) is 3.69. The molecule has 1 aliphatic carbocycles. The molecule has 0 unspecified atom stereocenters. The molecule has 0 radical (unpaired) electrons. The lowest BCUT2D eigenvalue weighted by Crippen LogP contribution is -2.45. The van der Waals surface area contributed by atoms with E-state index in [0.717, 1.165) is 31.4 Å². The zero-order chi connectivity index (χ0) is 13.2. The number of halogens is 3. The van der Waals surface area contributed by atoms with Gasteiger partial charge in [-0.15, -0.1) is 0 Å². The summed E-state index contributed by atoms with van der Waals surface area (Å²) in [7, 11) is 1.67. The number of alkyl halides is 3. The highest BCUT2D eigenvalue weighted by Gasteiger charge is 2.36. The average Bonchev–Trinajstić information content (AvgIpc) is 2.28. The third-order valence-electron chi connectivity index (χ3n) is 3.52. The number of ether oxygens (including phenoxy) is 1. The maximum atomic E-state index is 12.4. The maximum absolute atomic E-state index is 12.4. The summed E-state index contributed by atoms with van der Waals surface area (Å²) in [4.78, 5) is 0. The first kappa shape index (κ1) is 13.2. The van der Waals surface area contributed by atoms with E-state index in [2.05, 4.69) is 5.32 Å². The van der Waals surface area contributed by atoms with Crippen LogP contribution in [0, 0.1) is 0 Å². The van der Waals surface area contributed by atoms with E-state index >= 15 is 0 Å². The van der Waals surface area contributed by atoms with Crippen molar-refractivity contribution in [1.29, 1.82) is 0 Å². The van der Waals surface area contributed by atoms with Gasteiger partial charge in [-0.2, -0.15) is 13.2 Å². The van der Waals surface area contributed by atoms with Crippen LogP contribution in [0.4, 0.5) is 18.9 Å². The summed E-state index contributed by atoms with van der Waals surface area (Å²) in [5.41, 5.74) is -0.0765. The fourth-order valence-corrected chi connectivity index (χ4v) is 2.06. The quantitative estimate of drug-likeness (QED) is 0.890. The monoisotopic (exact) mass is 259 g/mol. The van der Waals surface area contributed by atoms with E-state index in [0.29, 0.717) is 12.2 Å². The van der Waals surface area contributed by atoms with Crippen molar-refractivity contribution in [3.63, 3.8) is 0 Å². The minimum atomic E-state index is -4.28. The number of anilines is 1. The molecule has 2 nitrogen and oxygen atoms in total. The summed E-state index contributed by atoms with van der Waals surface area (Å²) in [5, 5.41) is 3.12. The highest BCUT2D eigenvalue weighted by atomic mass is 19.4. The second-order valence-corrected chi connectivity index (χ2v) is 4.67. The molecule has 1 aromatic rings. The Kier molecular flexibility index (Phi) is 3.52. The molecule has 1 fully saturated rings. The van der Waals surface area contributed by atoms with Gasteiger partial charge >= 0.3 is 6.18 Å². The lowest BCUT2D eigenvalue weighted by molar-refractivity contribution is -0.137. The Balaban J connectivity index is 1.94. The van der Waals surface area contributed by atoms with Gasteiger partial charge in [-0.1, -0.05) is 0 Å². The van der Waals surface area contributed by atoms with Gasteiger partial charge in [-0.25, -0.2) is 0 Å². The van der Waals surface area contributed by atoms with Crippen molar-refractivity contribution in [2.75, 3.05) is 19.0 Å². The molecular formula is C13H16F3NO. The van der Waals surface area contributed by atoms with E-state index in [1.807, 2.05) is 0 Å². The Morgan fingerprint density at radius 2 is 1.83 bits per heavy atom. The van der Waals surface area contributed by atoms with Crippen molar-refractivity contribution in [3.05, 3.63) is 29.8 Å². The number of rotatable bonds is 4. The largest absolute Gasteiger partial charge is 0.416 e. The fraction of sp³-hybridized carbons (Fsp3) is 0.538. The van der Waals surface area contributed by atoms with Crippen LogP contribution in [0.2, 0.25) is 0 Å². The molecule has 0 bridgehead atoms. The van der Waals surface area contributed by atoms with Crippen molar-refractivity contribution in [2.45, 2.75) is 31.0 Å². The minimum Gasteiger partial charge on any atom is -0.382 e. The van der Waals surface area contributed by atoms with Gasteiger partial charge in [-0.05, 0) is 43.5 Å². The van der Waals surface area contributed by atoms with Crippen molar-refractivity contribution in [1.82, 2.24) is 0 Å². The first-order chi connectivity index (χ1) is 8.45. The molecule has 0 atom stereocenters. The molecule has 1 aliphatic rings. The van der Waals surface area contributed by atoms with Gasteiger partial charge in [-0.3, -0.25) is 0 Å². The molecule has 0 aliphatic heterocycles. The summed E-state index contributed by atoms with van der Waals surface area (Å²) in [6.07, 6.45) is -1.14. The predicted molar refractivity (Wildman–Crippen MR) is 63.5 cm³/mol.